The van der Waals surface area contributed by atoms with Gasteiger partial charge in [-0.25, -0.2) is 0 Å². The van der Waals surface area contributed by atoms with Gasteiger partial charge in [-0.3, -0.25) is 19.2 Å². The summed E-state index contributed by atoms with van der Waals surface area (Å²) in [6.07, 6.45) is 0. The van der Waals surface area contributed by atoms with Gasteiger partial charge in [-0.2, -0.15) is 0 Å². The molecule has 0 unspecified atom stereocenters. The Labute approximate surface area is 223 Å². The normalized spacial score (nSPS) is 11.3. The molecule has 0 fully saturated rings. The van der Waals surface area contributed by atoms with E-state index < -0.39 is 22.6 Å². The third-order valence-corrected chi connectivity index (χ3v) is 5.58. The van der Waals surface area contributed by atoms with Crippen LogP contribution in [0.4, 0.5) is 22.7 Å². The molecule has 3 aromatic carbocycles. The van der Waals surface area contributed by atoms with Crippen molar-refractivity contribution in [1.82, 2.24) is 0 Å². The summed E-state index contributed by atoms with van der Waals surface area (Å²) in [6.45, 7) is 10.6. The molecule has 4 N–H and O–H groups in total. The monoisotopic (exact) mass is 514 g/mol. The summed E-state index contributed by atoms with van der Waals surface area (Å²) in [5.74, 6) is -1.38. The lowest BCUT2D eigenvalue weighted by Crippen LogP contribution is -2.30. The first-order chi connectivity index (χ1) is 17.8. The fourth-order valence-corrected chi connectivity index (χ4v) is 3.20. The Morgan fingerprint density at radius 2 is 0.763 bits per heavy atom. The fraction of sp³-hybridized carbons (Fsp3) is 0.267. The highest BCUT2D eigenvalue weighted by molar-refractivity contribution is 6.12. The zero-order valence-electron chi connectivity index (χ0n) is 22.6. The molecule has 0 saturated carbocycles. The number of rotatable bonds is 6. The molecule has 0 aliphatic heterocycles. The predicted molar refractivity (Wildman–Crippen MR) is 151 cm³/mol. The minimum atomic E-state index is -0.723. The summed E-state index contributed by atoms with van der Waals surface area (Å²) in [6, 6.07) is 20.3. The molecule has 198 valence electrons. The van der Waals surface area contributed by atoms with E-state index in [0.29, 0.717) is 11.1 Å². The van der Waals surface area contributed by atoms with Crippen LogP contribution in [0, 0.1) is 10.8 Å². The Balaban J connectivity index is 2.11. The molecule has 38 heavy (non-hydrogen) atoms. The number of carbonyl (C=O) groups excluding carboxylic acids is 4. The highest BCUT2D eigenvalue weighted by atomic mass is 16.2. The third kappa shape index (κ3) is 7.29. The SMILES string of the molecule is CC(C)(C)C(=O)Nc1cc(NC(=O)c2ccccc2)c(NC(=O)c2ccccc2)cc1NC(=O)C(C)(C)C. The predicted octanol–water partition coefficient (Wildman–Crippen LogP) is 6.16. The number of hydrogen-bond donors (Lipinski definition) is 4. The molecule has 3 aromatic rings. The van der Waals surface area contributed by atoms with Crippen LogP contribution in [0.25, 0.3) is 0 Å². The molecular formula is C30H34N4O4. The minimum Gasteiger partial charge on any atom is -0.324 e. The van der Waals surface area contributed by atoms with E-state index in [0.717, 1.165) is 0 Å². The molecule has 4 amide bonds. The van der Waals surface area contributed by atoms with Crippen LogP contribution >= 0.6 is 0 Å². The van der Waals surface area contributed by atoms with Crippen molar-refractivity contribution in [3.63, 3.8) is 0 Å². The van der Waals surface area contributed by atoms with Gasteiger partial charge >= 0.3 is 0 Å². The standard InChI is InChI=1S/C30H34N4O4/c1-29(2,3)27(37)33-23-17-21(31-25(35)19-13-9-7-10-14-19)22(18-24(23)34-28(38)30(4,5)6)32-26(36)20-15-11-8-12-16-20/h7-18H,1-6H3,(H,31,35)(H,32,36)(H,33,37)(H,34,38). The van der Waals surface area contributed by atoms with Gasteiger partial charge in [0, 0.05) is 22.0 Å². The molecule has 0 radical (unpaired) electrons. The first-order valence-corrected chi connectivity index (χ1v) is 12.3. The van der Waals surface area contributed by atoms with Crippen LogP contribution in [-0.2, 0) is 9.59 Å². The van der Waals surface area contributed by atoms with E-state index in [1.54, 1.807) is 102 Å². The van der Waals surface area contributed by atoms with Crippen molar-refractivity contribution in [3.05, 3.63) is 83.9 Å². The van der Waals surface area contributed by atoms with Crippen molar-refractivity contribution in [2.24, 2.45) is 10.8 Å². The van der Waals surface area contributed by atoms with Crippen molar-refractivity contribution in [2.45, 2.75) is 41.5 Å². The number of hydrogen-bond acceptors (Lipinski definition) is 4. The van der Waals surface area contributed by atoms with Gasteiger partial charge in [-0.15, -0.1) is 0 Å². The molecule has 3 rings (SSSR count). The van der Waals surface area contributed by atoms with Gasteiger partial charge in [0.2, 0.25) is 11.8 Å². The van der Waals surface area contributed by atoms with Crippen LogP contribution in [0.5, 0.6) is 0 Å². The summed E-state index contributed by atoms with van der Waals surface area (Å²) in [5, 5.41) is 11.4. The Hall–Kier alpha value is -4.46. The highest BCUT2D eigenvalue weighted by Gasteiger charge is 2.26. The zero-order valence-corrected chi connectivity index (χ0v) is 22.6. The number of carbonyl (C=O) groups is 4. The molecule has 0 atom stereocenters. The van der Waals surface area contributed by atoms with Crippen molar-refractivity contribution < 1.29 is 19.2 Å². The molecule has 0 aliphatic rings. The summed E-state index contributed by atoms with van der Waals surface area (Å²) in [5.41, 5.74) is 0.448. The lowest BCUT2D eigenvalue weighted by atomic mass is 9.94. The topological polar surface area (TPSA) is 116 Å². The molecule has 0 aliphatic carbocycles. The van der Waals surface area contributed by atoms with E-state index >= 15 is 0 Å². The van der Waals surface area contributed by atoms with E-state index in [1.807, 2.05) is 0 Å². The lowest BCUT2D eigenvalue weighted by molar-refractivity contribution is -0.124. The molecule has 0 spiro atoms. The van der Waals surface area contributed by atoms with Gasteiger partial charge in [0.1, 0.15) is 0 Å². The molecule has 8 heteroatoms. The van der Waals surface area contributed by atoms with Gasteiger partial charge < -0.3 is 21.3 Å². The molecule has 0 aromatic heterocycles. The van der Waals surface area contributed by atoms with Crippen LogP contribution in [0.2, 0.25) is 0 Å². The Kier molecular flexibility index (Phi) is 8.36. The van der Waals surface area contributed by atoms with Gasteiger partial charge in [-0.05, 0) is 36.4 Å². The van der Waals surface area contributed by atoms with Gasteiger partial charge in [0.15, 0.2) is 0 Å². The van der Waals surface area contributed by atoms with E-state index in [-0.39, 0.29) is 34.6 Å². The number of nitrogens with one attached hydrogen (secondary N) is 4. The largest absolute Gasteiger partial charge is 0.324 e. The molecule has 0 heterocycles. The number of benzene rings is 3. The van der Waals surface area contributed by atoms with Gasteiger partial charge in [0.05, 0.1) is 22.7 Å². The molecule has 0 saturated heterocycles. The van der Waals surface area contributed by atoms with Crippen molar-refractivity contribution in [2.75, 3.05) is 21.3 Å². The van der Waals surface area contributed by atoms with E-state index in [9.17, 15) is 19.2 Å². The lowest BCUT2D eigenvalue weighted by Gasteiger charge is -2.24. The second-order valence-corrected chi connectivity index (χ2v) is 11.0. The first-order valence-electron chi connectivity index (χ1n) is 12.3. The van der Waals surface area contributed by atoms with Crippen LogP contribution in [-0.4, -0.2) is 23.6 Å². The molecular weight excluding hydrogens is 480 g/mol. The first kappa shape index (κ1) is 28.1. The summed E-state index contributed by atoms with van der Waals surface area (Å²) >= 11 is 0. The quantitative estimate of drug-likeness (QED) is 0.315. The van der Waals surface area contributed by atoms with Gasteiger partial charge in [0.25, 0.3) is 11.8 Å². The van der Waals surface area contributed by atoms with Crippen LogP contribution < -0.4 is 21.3 Å². The van der Waals surface area contributed by atoms with E-state index in [2.05, 4.69) is 21.3 Å². The summed E-state index contributed by atoms with van der Waals surface area (Å²) in [4.78, 5) is 51.8. The van der Waals surface area contributed by atoms with E-state index in [1.165, 1.54) is 12.1 Å². The van der Waals surface area contributed by atoms with Crippen LogP contribution in [0.3, 0.4) is 0 Å². The van der Waals surface area contributed by atoms with Crippen LogP contribution in [0.15, 0.2) is 72.8 Å². The smallest absolute Gasteiger partial charge is 0.255 e. The van der Waals surface area contributed by atoms with E-state index in [4.69, 9.17) is 0 Å². The van der Waals surface area contributed by atoms with Crippen molar-refractivity contribution in [3.8, 4) is 0 Å². The Morgan fingerprint density at radius 3 is 1.05 bits per heavy atom. The Morgan fingerprint density at radius 1 is 0.474 bits per heavy atom. The third-order valence-electron chi connectivity index (χ3n) is 5.58. The maximum absolute atomic E-state index is 13.0. The second kappa shape index (κ2) is 11.3. The highest BCUT2D eigenvalue weighted by Crippen LogP contribution is 2.36. The zero-order chi connectivity index (χ0) is 28.1. The number of amides is 4. The van der Waals surface area contributed by atoms with Gasteiger partial charge in [-0.1, -0.05) is 77.9 Å². The van der Waals surface area contributed by atoms with Crippen molar-refractivity contribution >= 4 is 46.4 Å². The second-order valence-electron chi connectivity index (χ2n) is 11.0. The van der Waals surface area contributed by atoms with Crippen LogP contribution in [0.1, 0.15) is 62.3 Å². The average molecular weight is 515 g/mol. The number of anilines is 4. The minimum absolute atomic E-state index is 0.251. The average Bonchev–Trinajstić information content (AvgIpc) is 2.86. The Bertz CT molecular complexity index is 1230. The fourth-order valence-electron chi connectivity index (χ4n) is 3.20. The maximum Gasteiger partial charge on any atom is 0.255 e. The molecule has 8 nitrogen and oxygen atoms in total. The van der Waals surface area contributed by atoms with Crippen molar-refractivity contribution in [1.29, 1.82) is 0 Å². The summed E-state index contributed by atoms with van der Waals surface area (Å²) in [7, 11) is 0. The maximum atomic E-state index is 13.0. The molecule has 0 bridgehead atoms. The summed E-state index contributed by atoms with van der Waals surface area (Å²) < 4.78 is 0.